The molecule has 0 aromatic rings. The summed E-state index contributed by atoms with van der Waals surface area (Å²) in [5.74, 6) is -0.878. The highest BCUT2D eigenvalue weighted by Gasteiger charge is 2.19. The summed E-state index contributed by atoms with van der Waals surface area (Å²) in [5, 5.41) is 10.5. The van der Waals surface area contributed by atoms with E-state index in [0.29, 0.717) is 18.8 Å². The second-order valence-electron chi connectivity index (χ2n) is 5.15. The molecule has 92 valence electrons. The van der Waals surface area contributed by atoms with Crippen molar-refractivity contribution in [3.63, 3.8) is 0 Å². The third-order valence-corrected chi connectivity index (χ3v) is 4.00. The molecule has 0 bridgehead atoms. The molecule has 1 heterocycles. The monoisotopic (exact) mass is 244 g/mol. The lowest BCUT2D eigenvalue weighted by Crippen LogP contribution is -2.34. The molecule has 0 aromatic carbocycles. The van der Waals surface area contributed by atoms with Crippen LogP contribution >= 0.6 is 0 Å². The summed E-state index contributed by atoms with van der Waals surface area (Å²) in [7, 11) is -1.04. The summed E-state index contributed by atoms with van der Waals surface area (Å²) >= 11 is 0. The minimum atomic E-state index is -1.04. The standard InChI is InChI=1S/C10H20N2O3Si/c1-16(2,3)5-4-15-8-12-7-9(6-11-12)10(13)14/h6,11H,4-5,7-8H2,1-3H3,(H,13,14). The van der Waals surface area contributed by atoms with Crippen molar-refractivity contribution < 1.29 is 14.6 Å². The molecule has 0 unspecified atom stereocenters. The van der Waals surface area contributed by atoms with E-state index in [1.54, 1.807) is 5.01 Å². The maximum atomic E-state index is 10.6. The lowest BCUT2D eigenvalue weighted by atomic mass is 10.3. The average Bonchev–Trinajstić information content (AvgIpc) is 2.59. The second-order valence-corrected chi connectivity index (χ2v) is 10.8. The summed E-state index contributed by atoms with van der Waals surface area (Å²) in [6.45, 7) is 8.47. The van der Waals surface area contributed by atoms with Crippen molar-refractivity contribution in [3.05, 3.63) is 11.8 Å². The average molecular weight is 244 g/mol. The molecule has 16 heavy (non-hydrogen) atoms. The number of nitrogens with one attached hydrogen (secondary N) is 1. The first-order valence-corrected chi connectivity index (χ1v) is 9.10. The van der Waals surface area contributed by atoms with E-state index in [9.17, 15) is 4.79 Å². The van der Waals surface area contributed by atoms with E-state index in [2.05, 4.69) is 25.1 Å². The Kier molecular flexibility index (Phi) is 4.52. The van der Waals surface area contributed by atoms with E-state index in [1.165, 1.54) is 6.20 Å². The number of carboxylic acids is 1. The molecule has 0 amide bonds. The molecule has 0 radical (unpaired) electrons. The molecular formula is C10H20N2O3Si. The molecule has 0 fully saturated rings. The number of hydrazine groups is 1. The van der Waals surface area contributed by atoms with Crippen LogP contribution in [-0.2, 0) is 9.53 Å². The molecule has 0 saturated carbocycles. The van der Waals surface area contributed by atoms with Crippen molar-refractivity contribution in [3.8, 4) is 0 Å². The minimum absolute atomic E-state index is 0.369. The van der Waals surface area contributed by atoms with Crippen molar-refractivity contribution in [2.45, 2.75) is 25.7 Å². The predicted octanol–water partition coefficient (Wildman–Crippen LogP) is 1.09. The Balaban J connectivity index is 2.11. The van der Waals surface area contributed by atoms with Crippen molar-refractivity contribution in [2.75, 3.05) is 19.9 Å². The van der Waals surface area contributed by atoms with Gasteiger partial charge in [-0.15, -0.1) is 0 Å². The second kappa shape index (κ2) is 5.47. The number of hydrogen-bond donors (Lipinski definition) is 2. The van der Waals surface area contributed by atoms with Crippen LogP contribution in [0.3, 0.4) is 0 Å². The van der Waals surface area contributed by atoms with Crippen molar-refractivity contribution in [1.82, 2.24) is 10.4 Å². The van der Waals surface area contributed by atoms with Gasteiger partial charge in [-0.25, -0.2) is 4.79 Å². The summed E-state index contributed by atoms with van der Waals surface area (Å²) in [4.78, 5) is 10.6. The van der Waals surface area contributed by atoms with Crippen LogP contribution in [0.1, 0.15) is 0 Å². The van der Waals surface area contributed by atoms with Gasteiger partial charge in [-0.05, 0) is 6.04 Å². The number of ether oxygens (including phenoxy) is 1. The van der Waals surface area contributed by atoms with E-state index < -0.39 is 14.0 Å². The lowest BCUT2D eigenvalue weighted by molar-refractivity contribution is -0.132. The smallest absolute Gasteiger partial charge is 0.334 e. The van der Waals surface area contributed by atoms with Crippen molar-refractivity contribution >= 4 is 14.0 Å². The van der Waals surface area contributed by atoms with Gasteiger partial charge in [-0.2, -0.15) is 5.01 Å². The highest BCUT2D eigenvalue weighted by Crippen LogP contribution is 2.08. The van der Waals surface area contributed by atoms with Crippen LogP contribution in [0.15, 0.2) is 11.8 Å². The lowest BCUT2D eigenvalue weighted by Gasteiger charge is -2.19. The Hall–Kier alpha value is -0.853. The summed E-state index contributed by atoms with van der Waals surface area (Å²) < 4.78 is 5.49. The van der Waals surface area contributed by atoms with Crippen LogP contribution in [0.2, 0.25) is 25.7 Å². The van der Waals surface area contributed by atoms with Crippen LogP contribution in [0, 0.1) is 0 Å². The number of aliphatic carboxylic acids is 1. The van der Waals surface area contributed by atoms with Gasteiger partial charge in [0.25, 0.3) is 0 Å². The Morgan fingerprint density at radius 2 is 2.31 bits per heavy atom. The molecule has 0 atom stereocenters. The normalized spacial score (nSPS) is 17.1. The fourth-order valence-electron chi connectivity index (χ4n) is 1.23. The van der Waals surface area contributed by atoms with Gasteiger partial charge in [0.05, 0.1) is 12.1 Å². The van der Waals surface area contributed by atoms with Crippen LogP contribution in [0.5, 0.6) is 0 Å². The molecule has 0 aliphatic carbocycles. The van der Waals surface area contributed by atoms with Gasteiger partial charge in [-0.1, -0.05) is 19.6 Å². The number of carbonyl (C=O) groups is 1. The summed E-state index contributed by atoms with van der Waals surface area (Å²) in [5.41, 5.74) is 3.23. The Labute approximate surface area is 97.1 Å². The molecule has 0 aromatic heterocycles. The highest BCUT2D eigenvalue weighted by atomic mass is 28.3. The summed E-state index contributed by atoms with van der Waals surface area (Å²) in [6.07, 6.45) is 1.50. The fraction of sp³-hybridized carbons (Fsp3) is 0.700. The first kappa shape index (κ1) is 13.2. The first-order valence-electron chi connectivity index (χ1n) is 5.40. The zero-order valence-electron chi connectivity index (χ0n) is 10.1. The molecule has 1 aliphatic rings. The van der Waals surface area contributed by atoms with Crippen molar-refractivity contribution in [1.29, 1.82) is 0 Å². The third-order valence-electron chi connectivity index (χ3n) is 2.30. The van der Waals surface area contributed by atoms with Crippen molar-refractivity contribution in [2.24, 2.45) is 0 Å². The predicted molar refractivity (Wildman–Crippen MR) is 64.5 cm³/mol. The molecule has 0 spiro atoms. The quantitative estimate of drug-likeness (QED) is 0.541. The molecule has 5 nitrogen and oxygen atoms in total. The maximum absolute atomic E-state index is 10.6. The molecule has 6 heteroatoms. The SMILES string of the molecule is C[Si](C)(C)CCOCN1CC(C(=O)O)=CN1. The van der Waals surface area contributed by atoms with Crippen LogP contribution in [-0.4, -0.2) is 44.0 Å². The molecule has 0 saturated heterocycles. The number of nitrogens with zero attached hydrogens (tertiary/aromatic N) is 1. The summed E-state index contributed by atoms with van der Waals surface area (Å²) in [6, 6.07) is 1.13. The zero-order chi connectivity index (χ0) is 12.2. The van der Waals surface area contributed by atoms with Gasteiger partial charge in [0.1, 0.15) is 6.73 Å². The minimum Gasteiger partial charge on any atom is -0.478 e. The van der Waals surface area contributed by atoms with Crippen LogP contribution < -0.4 is 5.43 Å². The van der Waals surface area contributed by atoms with Gasteiger partial charge >= 0.3 is 5.97 Å². The van der Waals surface area contributed by atoms with E-state index in [4.69, 9.17) is 9.84 Å². The number of hydrogen-bond acceptors (Lipinski definition) is 4. The van der Waals surface area contributed by atoms with E-state index in [-0.39, 0.29) is 0 Å². The highest BCUT2D eigenvalue weighted by molar-refractivity contribution is 6.76. The van der Waals surface area contributed by atoms with Crippen LogP contribution in [0.4, 0.5) is 0 Å². The molecule has 1 rings (SSSR count). The molecule has 1 aliphatic heterocycles. The van der Waals surface area contributed by atoms with Gasteiger partial charge < -0.3 is 15.3 Å². The molecular weight excluding hydrogens is 224 g/mol. The van der Waals surface area contributed by atoms with Gasteiger partial charge in [0, 0.05) is 20.9 Å². The van der Waals surface area contributed by atoms with Gasteiger partial charge in [0.15, 0.2) is 0 Å². The van der Waals surface area contributed by atoms with E-state index >= 15 is 0 Å². The van der Waals surface area contributed by atoms with Gasteiger partial charge in [-0.3, -0.25) is 0 Å². The van der Waals surface area contributed by atoms with E-state index in [1.807, 2.05) is 0 Å². The largest absolute Gasteiger partial charge is 0.478 e. The first-order chi connectivity index (χ1) is 7.38. The van der Waals surface area contributed by atoms with Gasteiger partial charge in [0.2, 0.25) is 0 Å². The Morgan fingerprint density at radius 3 is 2.81 bits per heavy atom. The fourth-order valence-corrected chi connectivity index (χ4v) is 1.99. The maximum Gasteiger partial charge on any atom is 0.334 e. The Bertz CT molecular complexity index is 286. The molecule has 2 N–H and O–H groups in total. The van der Waals surface area contributed by atoms with Crippen LogP contribution in [0.25, 0.3) is 0 Å². The topological polar surface area (TPSA) is 61.8 Å². The van der Waals surface area contributed by atoms with E-state index in [0.717, 1.165) is 12.7 Å². The number of rotatable bonds is 6. The third kappa shape index (κ3) is 4.78. The number of carboxylic acid groups (broad SMARTS) is 1. The zero-order valence-corrected chi connectivity index (χ0v) is 11.1. The Morgan fingerprint density at radius 1 is 1.62 bits per heavy atom.